The number of nitro benzene ring substituents is 1. The fourth-order valence-corrected chi connectivity index (χ4v) is 2.26. The van der Waals surface area contributed by atoms with Crippen molar-refractivity contribution in [1.29, 1.82) is 0 Å². The molecule has 1 aromatic heterocycles. The van der Waals surface area contributed by atoms with E-state index in [1.807, 2.05) is 0 Å². The molecule has 1 aromatic carbocycles. The largest absolute Gasteiger partial charge is 0.298 e. The van der Waals surface area contributed by atoms with Gasteiger partial charge in [-0.3, -0.25) is 19.6 Å². The van der Waals surface area contributed by atoms with E-state index in [-0.39, 0.29) is 10.7 Å². The number of aldehydes is 1. The predicted molar refractivity (Wildman–Crippen MR) is 73.4 cm³/mol. The highest BCUT2D eigenvalue weighted by molar-refractivity contribution is 9.10. The topological polar surface area (TPSA) is 78.0 Å². The summed E-state index contributed by atoms with van der Waals surface area (Å²) < 4.78 is 2.00. The van der Waals surface area contributed by atoms with Gasteiger partial charge in [0.2, 0.25) is 0 Å². The minimum Gasteiger partial charge on any atom is -0.298 e. The van der Waals surface area contributed by atoms with Gasteiger partial charge < -0.3 is 0 Å². The highest BCUT2D eigenvalue weighted by Crippen LogP contribution is 2.34. The van der Waals surface area contributed by atoms with Crippen molar-refractivity contribution in [2.75, 3.05) is 0 Å². The number of aryl methyl sites for hydroxylation is 1. The summed E-state index contributed by atoms with van der Waals surface area (Å²) in [6.07, 6.45) is 0.657. The Bertz CT molecular complexity index is 684. The zero-order valence-electron chi connectivity index (χ0n) is 9.63. The molecule has 0 saturated carbocycles. The lowest BCUT2D eigenvalue weighted by Gasteiger charge is -2.01. The molecule has 0 unspecified atom stereocenters. The van der Waals surface area contributed by atoms with Crippen LogP contribution in [0.1, 0.15) is 10.4 Å². The molecule has 0 N–H and O–H groups in total. The number of benzene rings is 1. The number of non-ortho nitro benzene ring substituents is 1. The third-order valence-electron chi connectivity index (χ3n) is 2.55. The first-order valence-corrected chi connectivity index (χ1v) is 6.24. The smallest absolute Gasteiger partial charge is 0.270 e. The van der Waals surface area contributed by atoms with Crippen LogP contribution >= 0.6 is 27.5 Å². The minimum absolute atomic E-state index is 0.114. The quantitative estimate of drug-likeness (QED) is 0.486. The van der Waals surface area contributed by atoms with E-state index in [0.717, 1.165) is 0 Å². The summed E-state index contributed by atoms with van der Waals surface area (Å²) in [5, 5.41) is 15.0. The Balaban J connectivity index is 2.63. The number of carbonyl (C=O) groups is 1. The molecule has 0 bridgehead atoms. The molecule has 8 heteroatoms. The van der Waals surface area contributed by atoms with Crippen molar-refractivity contribution in [1.82, 2.24) is 9.78 Å². The maximum absolute atomic E-state index is 11.1. The summed E-state index contributed by atoms with van der Waals surface area (Å²) in [6, 6.07) is 4.02. The van der Waals surface area contributed by atoms with Gasteiger partial charge in [0.1, 0.15) is 10.3 Å². The molecular formula is C11H7BrClN3O3. The van der Waals surface area contributed by atoms with E-state index >= 15 is 0 Å². The summed E-state index contributed by atoms with van der Waals surface area (Å²) in [5.74, 6) is 0. The van der Waals surface area contributed by atoms with Crippen molar-refractivity contribution in [3.05, 3.63) is 43.5 Å². The molecule has 0 spiro atoms. The summed E-state index contributed by atoms with van der Waals surface area (Å²) in [6.45, 7) is 0. The van der Waals surface area contributed by atoms with Crippen LogP contribution in [0.4, 0.5) is 5.69 Å². The average molecular weight is 345 g/mol. The fraction of sp³-hybridized carbons (Fsp3) is 0.0909. The summed E-state index contributed by atoms with van der Waals surface area (Å²) >= 11 is 9.25. The van der Waals surface area contributed by atoms with Crippen LogP contribution in [0, 0.1) is 10.1 Å². The Morgan fingerprint density at radius 1 is 1.53 bits per heavy atom. The Morgan fingerprint density at radius 2 is 2.21 bits per heavy atom. The van der Waals surface area contributed by atoms with Gasteiger partial charge in [-0.25, -0.2) is 0 Å². The maximum Gasteiger partial charge on any atom is 0.270 e. The molecule has 0 aliphatic rings. The van der Waals surface area contributed by atoms with Gasteiger partial charge in [-0.15, -0.1) is 0 Å². The van der Waals surface area contributed by atoms with Crippen LogP contribution in [0.25, 0.3) is 11.3 Å². The number of nitrogens with zero attached hydrogens (tertiary/aromatic N) is 3. The van der Waals surface area contributed by atoms with Gasteiger partial charge in [-0.1, -0.05) is 11.6 Å². The Kier molecular flexibility index (Phi) is 3.68. The number of nitro groups is 1. The zero-order chi connectivity index (χ0) is 14.2. The lowest BCUT2D eigenvalue weighted by atomic mass is 10.1. The van der Waals surface area contributed by atoms with Gasteiger partial charge >= 0.3 is 0 Å². The van der Waals surface area contributed by atoms with E-state index in [1.165, 1.54) is 22.9 Å². The lowest BCUT2D eigenvalue weighted by Crippen LogP contribution is -1.91. The third kappa shape index (κ3) is 2.39. The summed E-state index contributed by atoms with van der Waals surface area (Å²) in [4.78, 5) is 21.2. The van der Waals surface area contributed by atoms with Gasteiger partial charge in [0, 0.05) is 24.7 Å². The van der Waals surface area contributed by atoms with Crippen LogP contribution in [0.2, 0.25) is 5.02 Å². The van der Waals surface area contributed by atoms with Crippen LogP contribution in [0.3, 0.4) is 0 Å². The molecule has 0 fully saturated rings. The lowest BCUT2D eigenvalue weighted by molar-refractivity contribution is -0.384. The summed E-state index contributed by atoms with van der Waals surface area (Å²) in [5.41, 5.74) is 1.08. The Labute approximate surface area is 121 Å². The number of rotatable bonds is 3. The van der Waals surface area contributed by atoms with E-state index in [2.05, 4.69) is 21.0 Å². The summed E-state index contributed by atoms with van der Waals surface area (Å²) in [7, 11) is 1.67. The van der Waals surface area contributed by atoms with Gasteiger partial charge in [0.25, 0.3) is 5.69 Å². The zero-order valence-corrected chi connectivity index (χ0v) is 12.0. The Morgan fingerprint density at radius 3 is 2.74 bits per heavy atom. The van der Waals surface area contributed by atoms with Crippen molar-refractivity contribution in [2.24, 2.45) is 7.05 Å². The van der Waals surface area contributed by atoms with Gasteiger partial charge in [-0.2, -0.15) is 5.10 Å². The highest BCUT2D eigenvalue weighted by atomic mass is 79.9. The van der Waals surface area contributed by atoms with Crippen LogP contribution in [0.15, 0.2) is 22.8 Å². The number of aromatic nitrogens is 2. The number of hydrogen-bond acceptors (Lipinski definition) is 4. The minimum atomic E-state index is -0.537. The fourth-order valence-electron chi connectivity index (χ4n) is 1.63. The maximum atomic E-state index is 11.1. The molecule has 0 radical (unpaired) electrons. The monoisotopic (exact) mass is 343 g/mol. The molecule has 0 atom stereocenters. The van der Waals surface area contributed by atoms with Crippen molar-refractivity contribution < 1.29 is 9.72 Å². The second-order valence-corrected chi connectivity index (χ2v) is 4.87. The van der Waals surface area contributed by atoms with Crippen molar-refractivity contribution >= 4 is 39.5 Å². The van der Waals surface area contributed by atoms with Crippen LogP contribution in [-0.4, -0.2) is 21.0 Å². The first-order chi connectivity index (χ1) is 8.95. The first-order valence-electron chi connectivity index (χ1n) is 5.07. The average Bonchev–Trinajstić information content (AvgIpc) is 2.65. The van der Waals surface area contributed by atoms with Gasteiger partial charge in [0.05, 0.1) is 15.5 Å². The second-order valence-electron chi connectivity index (χ2n) is 3.72. The molecule has 2 rings (SSSR count). The van der Waals surface area contributed by atoms with E-state index in [4.69, 9.17) is 11.6 Å². The molecule has 19 heavy (non-hydrogen) atoms. The first kappa shape index (κ1) is 13.7. The SMILES string of the molecule is Cn1nc(-c2ccc([N+](=O)[O-])cc2Cl)c(C=O)c1Br. The molecule has 0 aliphatic carbocycles. The molecule has 2 aromatic rings. The van der Waals surface area contributed by atoms with Crippen molar-refractivity contribution in [3.63, 3.8) is 0 Å². The van der Waals surface area contributed by atoms with Gasteiger partial charge in [-0.05, 0) is 22.0 Å². The third-order valence-corrected chi connectivity index (χ3v) is 3.80. The Hall–Kier alpha value is -1.73. The van der Waals surface area contributed by atoms with E-state index in [9.17, 15) is 14.9 Å². The van der Waals surface area contributed by atoms with Crippen LogP contribution in [-0.2, 0) is 7.05 Å². The molecule has 0 saturated heterocycles. The van der Waals surface area contributed by atoms with E-state index < -0.39 is 4.92 Å². The number of halogens is 2. The molecule has 98 valence electrons. The van der Waals surface area contributed by atoms with Crippen molar-refractivity contribution in [3.8, 4) is 11.3 Å². The predicted octanol–water partition coefficient (Wildman–Crippen LogP) is 3.22. The highest BCUT2D eigenvalue weighted by Gasteiger charge is 2.19. The standard InChI is InChI=1S/C11H7BrClN3O3/c1-15-11(12)8(5-17)10(14-15)7-3-2-6(16(18)19)4-9(7)13/h2-5H,1H3. The second kappa shape index (κ2) is 5.10. The van der Waals surface area contributed by atoms with Crippen molar-refractivity contribution in [2.45, 2.75) is 0 Å². The van der Waals surface area contributed by atoms with Crippen LogP contribution < -0.4 is 0 Å². The van der Waals surface area contributed by atoms with Crippen LogP contribution in [0.5, 0.6) is 0 Å². The molecule has 0 aliphatic heterocycles. The molecule has 6 nitrogen and oxygen atoms in total. The normalized spacial score (nSPS) is 10.5. The molecular weight excluding hydrogens is 337 g/mol. The number of carbonyl (C=O) groups excluding carboxylic acids is 1. The van der Waals surface area contributed by atoms with Gasteiger partial charge in [0.15, 0.2) is 6.29 Å². The van der Waals surface area contributed by atoms with E-state index in [1.54, 1.807) is 7.05 Å². The van der Waals surface area contributed by atoms with E-state index in [0.29, 0.717) is 27.7 Å². The number of hydrogen-bond donors (Lipinski definition) is 0. The molecule has 1 heterocycles. The molecule has 0 amide bonds.